The Bertz CT molecular complexity index is 947. The van der Waals surface area contributed by atoms with Gasteiger partial charge in [0.15, 0.2) is 6.61 Å². The van der Waals surface area contributed by atoms with E-state index in [0.29, 0.717) is 36.8 Å². The molecule has 1 unspecified atom stereocenters. The lowest BCUT2D eigenvalue weighted by Crippen LogP contribution is -2.54. The smallest absolute Gasteiger partial charge is 0.260 e. The largest absolute Gasteiger partial charge is 0.484 e. The van der Waals surface area contributed by atoms with Crippen LogP contribution < -0.4 is 9.64 Å². The number of carbonyl (C=O) groups excluding carboxylic acids is 2. The Morgan fingerprint density at radius 2 is 1.88 bits per heavy atom. The van der Waals surface area contributed by atoms with Gasteiger partial charge in [0.2, 0.25) is 0 Å². The molecule has 8 heteroatoms. The van der Waals surface area contributed by atoms with Gasteiger partial charge in [-0.3, -0.25) is 9.59 Å². The fourth-order valence-corrected chi connectivity index (χ4v) is 4.30. The first-order valence-corrected chi connectivity index (χ1v) is 11.2. The zero-order valence-electron chi connectivity index (χ0n) is 18.4. The minimum atomic E-state index is -0.366. The molecule has 0 N–H and O–H groups in total. The highest BCUT2D eigenvalue weighted by Crippen LogP contribution is 2.21. The molecule has 2 amide bonds. The molecule has 2 aromatic rings. The van der Waals surface area contributed by atoms with Gasteiger partial charge in [0, 0.05) is 44.3 Å². The van der Waals surface area contributed by atoms with Crippen molar-refractivity contribution in [3.8, 4) is 5.75 Å². The summed E-state index contributed by atoms with van der Waals surface area (Å²) < 4.78 is 18.9. The molecule has 170 valence electrons. The number of nitrogens with zero attached hydrogens (tertiary/aromatic N) is 4. The van der Waals surface area contributed by atoms with Crippen LogP contribution in [0.15, 0.2) is 42.6 Å². The number of hydrogen-bond acceptors (Lipinski definition) is 5. The summed E-state index contributed by atoms with van der Waals surface area (Å²) in [5.41, 5.74) is 0.536. The van der Waals surface area contributed by atoms with Crippen LogP contribution in [0.3, 0.4) is 0 Å². The number of benzene rings is 1. The van der Waals surface area contributed by atoms with Crippen molar-refractivity contribution in [1.82, 2.24) is 14.8 Å². The van der Waals surface area contributed by atoms with Crippen molar-refractivity contribution in [3.05, 3.63) is 54.0 Å². The highest BCUT2D eigenvalue weighted by atomic mass is 19.1. The van der Waals surface area contributed by atoms with Crippen molar-refractivity contribution in [3.63, 3.8) is 0 Å². The molecular weight excluding hydrogens is 411 g/mol. The summed E-state index contributed by atoms with van der Waals surface area (Å²) in [6.07, 6.45) is 4.46. The molecule has 1 atom stereocenters. The number of anilines is 1. The van der Waals surface area contributed by atoms with E-state index in [1.807, 2.05) is 16.7 Å². The Morgan fingerprint density at radius 3 is 2.59 bits per heavy atom. The minimum absolute atomic E-state index is 0.0132. The van der Waals surface area contributed by atoms with Gasteiger partial charge >= 0.3 is 0 Å². The van der Waals surface area contributed by atoms with Crippen LogP contribution in [-0.2, 0) is 4.79 Å². The van der Waals surface area contributed by atoms with Gasteiger partial charge < -0.3 is 19.4 Å². The predicted octanol–water partition coefficient (Wildman–Crippen LogP) is 2.96. The molecule has 1 aromatic heterocycles. The maximum Gasteiger partial charge on any atom is 0.260 e. The molecule has 2 fully saturated rings. The zero-order chi connectivity index (χ0) is 22.5. The summed E-state index contributed by atoms with van der Waals surface area (Å²) in [6.45, 7) is 5.29. The fraction of sp³-hybridized carbons (Fsp3) is 0.458. The standard InChI is InChI=1S/C24H29FN4O3/c1-18-16-28(12-13-29(18)22-9-8-20(25)15-26-22)24(31)19-6-5-7-21(14-19)32-17-23(30)27-10-3-2-4-11-27/h5-9,14-15,18H,2-4,10-13,16-17H2,1H3. The number of piperazine rings is 1. The van der Waals surface area contributed by atoms with Gasteiger partial charge in [-0.25, -0.2) is 9.37 Å². The molecule has 0 aliphatic carbocycles. The third-order valence-corrected chi connectivity index (χ3v) is 6.07. The first-order valence-electron chi connectivity index (χ1n) is 11.2. The van der Waals surface area contributed by atoms with Crippen molar-refractivity contribution in [2.75, 3.05) is 44.2 Å². The van der Waals surface area contributed by atoms with E-state index >= 15 is 0 Å². The number of rotatable bonds is 5. The first kappa shape index (κ1) is 22.0. The van der Waals surface area contributed by atoms with E-state index in [9.17, 15) is 14.0 Å². The van der Waals surface area contributed by atoms with E-state index in [1.165, 1.54) is 18.7 Å². The van der Waals surface area contributed by atoms with Crippen LogP contribution in [0.4, 0.5) is 10.2 Å². The lowest BCUT2D eigenvalue weighted by molar-refractivity contribution is -0.134. The lowest BCUT2D eigenvalue weighted by atomic mass is 10.1. The maximum absolute atomic E-state index is 13.2. The molecule has 2 saturated heterocycles. The number of piperidine rings is 1. The van der Waals surface area contributed by atoms with E-state index in [0.717, 1.165) is 25.9 Å². The van der Waals surface area contributed by atoms with Crippen molar-refractivity contribution in [2.45, 2.75) is 32.2 Å². The van der Waals surface area contributed by atoms with E-state index < -0.39 is 0 Å². The van der Waals surface area contributed by atoms with E-state index in [1.54, 1.807) is 30.3 Å². The van der Waals surface area contributed by atoms with Crippen LogP contribution in [0.1, 0.15) is 36.5 Å². The number of halogens is 1. The minimum Gasteiger partial charge on any atom is -0.484 e. The van der Waals surface area contributed by atoms with Gasteiger partial charge in [0.05, 0.1) is 6.20 Å². The molecule has 0 spiro atoms. The highest BCUT2D eigenvalue weighted by molar-refractivity contribution is 5.94. The van der Waals surface area contributed by atoms with Gasteiger partial charge in [-0.2, -0.15) is 0 Å². The number of ether oxygens (including phenoxy) is 1. The number of pyridine rings is 1. The Labute approximate surface area is 187 Å². The van der Waals surface area contributed by atoms with Crippen molar-refractivity contribution in [1.29, 1.82) is 0 Å². The molecule has 32 heavy (non-hydrogen) atoms. The third-order valence-electron chi connectivity index (χ3n) is 6.07. The molecule has 0 radical (unpaired) electrons. The van der Waals surface area contributed by atoms with Crippen molar-refractivity contribution < 1.29 is 18.7 Å². The summed E-state index contributed by atoms with van der Waals surface area (Å²) in [5.74, 6) is 0.773. The second kappa shape index (κ2) is 9.97. The Hall–Kier alpha value is -3.16. The number of amides is 2. The first-order chi connectivity index (χ1) is 15.5. The van der Waals surface area contributed by atoms with Crippen LogP contribution in [0.25, 0.3) is 0 Å². The molecule has 0 bridgehead atoms. The molecule has 7 nitrogen and oxygen atoms in total. The Morgan fingerprint density at radius 1 is 1.06 bits per heavy atom. The summed E-state index contributed by atoms with van der Waals surface area (Å²) in [5, 5.41) is 0. The molecular formula is C24H29FN4O3. The molecule has 1 aromatic carbocycles. The quantitative estimate of drug-likeness (QED) is 0.715. The second-order valence-corrected chi connectivity index (χ2v) is 8.39. The second-order valence-electron chi connectivity index (χ2n) is 8.39. The van der Waals surface area contributed by atoms with E-state index in [4.69, 9.17) is 4.74 Å². The molecule has 2 aliphatic heterocycles. The van der Waals surface area contributed by atoms with Crippen LogP contribution in [-0.4, -0.2) is 72.0 Å². The Balaban J connectivity index is 1.34. The number of hydrogen-bond donors (Lipinski definition) is 0. The predicted molar refractivity (Wildman–Crippen MR) is 119 cm³/mol. The number of carbonyl (C=O) groups is 2. The van der Waals surface area contributed by atoms with Crippen molar-refractivity contribution >= 4 is 17.6 Å². The maximum atomic E-state index is 13.2. The van der Waals surface area contributed by atoms with Gasteiger partial charge in [-0.05, 0) is 56.5 Å². The summed E-state index contributed by atoms with van der Waals surface area (Å²) in [4.78, 5) is 35.3. The van der Waals surface area contributed by atoms with E-state index in [2.05, 4.69) is 9.88 Å². The summed E-state index contributed by atoms with van der Waals surface area (Å²) >= 11 is 0. The molecule has 4 rings (SSSR count). The van der Waals surface area contributed by atoms with Gasteiger partial charge in [-0.1, -0.05) is 6.07 Å². The third kappa shape index (κ3) is 5.18. The number of likely N-dealkylation sites (tertiary alicyclic amines) is 1. The Kier molecular flexibility index (Phi) is 6.87. The van der Waals surface area contributed by atoms with Crippen LogP contribution in [0.2, 0.25) is 0 Å². The van der Waals surface area contributed by atoms with Gasteiger partial charge in [0.1, 0.15) is 17.4 Å². The SMILES string of the molecule is CC1CN(C(=O)c2cccc(OCC(=O)N3CCCCC3)c2)CCN1c1ccc(F)cn1. The van der Waals surface area contributed by atoms with Crippen LogP contribution in [0, 0.1) is 5.82 Å². The average Bonchev–Trinajstić information content (AvgIpc) is 2.83. The number of aromatic nitrogens is 1. The monoisotopic (exact) mass is 440 g/mol. The molecule has 0 saturated carbocycles. The van der Waals surface area contributed by atoms with Gasteiger partial charge in [0.25, 0.3) is 11.8 Å². The topological polar surface area (TPSA) is 66.0 Å². The summed E-state index contributed by atoms with van der Waals surface area (Å²) in [7, 11) is 0. The highest BCUT2D eigenvalue weighted by Gasteiger charge is 2.28. The fourth-order valence-electron chi connectivity index (χ4n) is 4.30. The molecule has 3 heterocycles. The lowest BCUT2D eigenvalue weighted by Gasteiger charge is -2.40. The van der Waals surface area contributed by atoms with E-state index in [-0.39, 0.29) is 30.3 Å². The van der Waals surface area contributed by atoms with Gasteiger partial charge in [-0.15, -0.1) is 0 Å². The summed E-state index contributed by atoms with van der Waals surface area (Å²) in [6, 6.07) is 10.1. The average molecular weight is 441 g/mol. The zero-order valence-corrected chi connectivity index (χ0v) is 18.4. The van der Waals surface area contributed by atoms with Crippen LogP contribution in [0.5, 0.6) is 5.75 Å². The van der Waals surface area contributed by atoms with Crippen molar-refractivity contribution in [2.24, 2.45) is 0 Å². The van der Waals surface area contributed by atoms with Crippen LogP contribution >= 0.6 is 0 Å². The normalized spacial score (nSPS) is 19.1. The molecule has 2 aliphatic rings.